The zero-order chi connectivity index (χ0) is 12.3. The van der Waals surface area contributed by atoms with Gasteiger partial charge < -0.3 is 4.90 Å². The van der Waals surface area contributed by atoms with Gasteiger partial charge in [0.25, 0.3) is 0 Å². The number of aromatic nitrogens is 2. The third-order valence-electron chi connectivity index (χ3n) is 3.34. The average molecular weight is 232 g/mol. The lowest BCUT2D eigenvalue weighted by atomic mass is 9.94. The van der Waals surface area contributed by atoms with E-state index < -0.39 is 5.69 Å². The molecule has 1 fully saturated rings. The van der Waals surface area contributed by atoms with E-state index in [-0.39, 0.29) is 5.69 Å². The first kappa shape index (κ1) is 11.6. The van der Waals surface area contributed by atoms with E-state index >= 15 is 0 Å². The van der Waals surface area contributed by atoms with Crippen molar-refractivity contribution in [3.05, 3.63) is 22.2 Å². The summed E-state index contributed by atoms with van der Waals surface area (Å²) in [5.74, 6) is 0.595. The minimum Gasteiger partial charge on any atom is -0.356 e. The summed E-state index contributed by atoms with van der Waals surface area (Å²) in [5, 5.41) is 8.81. The summed E-state index contributed by atoms with van der Waals surface area (Å²) in [6.45, 7) is 0. The first-order valence-electron chi connectivity index (χ1n) is 5.95. The molecule has 0 spiro atoms. The van der Waals surface area contributed by atoms with Gasteiger partial charge in [0.15, 0.2) is 0 Å². The van der Waals surface area contributed by atoms with E-state index in [1.807, 2.05) is 18.0 Å². The molecule has 0 aromatic carbocycles. The van der Waals surface area contributed by atoms with Crippen LogP contribution in [0, 0.1) is 11.3 Å². The highest BCUT2D eigenvalue weighted by atomic mass is 16.1. The van der Waals surface area contributed by atoms with Crippen molar-refractivity contribution in [2.45, 2.75) is 38.1 Å². The molecular weight excluding hydrogens is 216 g/mol. The number of rotatable bonds is 2. The molecule has 5 heteroatoms. The quantitative estimate of drug-likeness (QED) is 0.836. The molecule has 17 heavy (non-hydrogen) atoms. The molecule has 0 radical (unpaired) electrons. The average Bonchev–Trinajstić information content (AvgIpc) is 2.38. The highest BCUT2D eigenvalue weighted by Crippen LogP contribution is 2.24. The number of nitrogens with zero attached hydrogens (tertiary/aromatic N) is 3. The van der Waals surface area contributed by atoms with Crippen LogP contribution in [0.15, 0.2) is 10.9 Å². The maximum atomic E-state index is 11.3. The Morgan fingerprint density at radius 3 is 2.82 bits per heavy atom. The summed E-state index contributed by atoms with van der Waals surface area (Å²) >= 11 is 0. The summed E-state index contributed by atoms with van der Waals surface area (Å²) in [6, 6.07) is 4.01. The molecule has 1 aromatic rings. The second-order valence-corrected chi connectivity index (χ2v) is 4.47. The lowest BCUT2D eigenvalue weighted by Gasteiger charge is -2.31. The standard InChI is InChI=1S/C12H16N4O/c1-16(10-5-3-2-4-6-10)11-7-9(8-13)14-12(17)15-11/h7,10H,2-6H2,1H3,(H,14,15,17). The molecule has 1 heterocycles. The molecule has 0 unspecified atom stereocenters. The van der Waals surface area contributed by atoms with Crippen LogP contribution in [0.4, 0.5) is 5.82 Å². The van der Waals surface area contributed by atoms with Crippen LogP contribution in [0.25, 0.3) is 0 Å². The van der Waals surface area contributed by atoms with Gasteiger partial charge in [-0.15, -0.1) is 0 Å². The van der Waals surface area contributed by atoms with Crippen LogP contribution >= 0.6 is 0 Å². The van der Waals surface area contributed by atoms with Crippen molar-refractivity contribution in [2.75, 3.05) is 11.9 Å². The number of anilines is 1. The van der Waals surface area contributed by atoms with Gasteiger partial charge >= 0.3 is 5.69 Å². The van der Waals surface area contributed by atoms with Gasteiger partial charge in [-0.1, -0.05) is 19.3 Å². The van der Waals surface area contributed by atoms with Crippen LogP contribution in [0.2, 0.25) is 0 Å². The second kappa shape index (κ2) is 5.00. The fourth-order valence-electron chi connectivity index (χ4n) is 2.34. The van der Waals surface area contributed by atoms with E-state index in [1.165, 1.54) is 19.3 Å². The van der Waals surface area contributed by atoms with Crippen LogP contribution in [-0.2, 0) is 0 Å². The van der Waals surface area contributed by atoms with E-state index in [4.69, 9.17) is 5.26 Å². The zero-order valence-electron chi connectivity index (χ0n) is 9.94. The van der Waals surface area contributed by atoms with Crippen molar-refractivity contribution in [3.8, 4) is 6.07 Å². The molecule has 1 aromatic heterocycles. The van der Waals surface area contributed by atoms with Gasteiger partial charge in [0.1, 0.15) is 17.6 Å². The summed E-state index contributed by atoms with van der Waals surface area (Å²) in [6.07, 6.45) is 6.00. The molecule has 0 amide bonds. The molecule has 5 nitrogen and oxygen atoms in total. The minimum absolute atomic E-state index is 0.266. The number of nitrogens with one attached hydrogen (secondary N) is 1. The fourth-order valence-corrected chi connectivity index (χ4v) is 2.34. The van der Waals surface area contributed by atoms with Crippen molar-refractivity contribution < 1.29 is 0 Å². The van der Waals surface area contributed by atoms with Crippen LogP contribution in [0.3, 0.4) is 0 Å². The van der Waals surface area contributed by atoms with E-state index in [9.17, 15) is 4.79 Å². The summed E-state index contributed by atoms with van der Waals surface area (Å²) in [4.78, 5) is 19.7. The van der Waals surface area contributed by atoms with Gasteiger partial charge in [-0.3, -0.25) is 4.98 Å². The number of H-pyrrole nitrogens is 1. The van der Waals surface area contributed by atoms with E-state index in [1.54, 1.807) is 6.07 Å². The van der Waals surface area contributed by atoms with Gasteiger partial charge in [-0.2, -0.15) is 10.2 Å². The van der Waals surface area contributed by atoms with Crippen molar-refractivity contribution in [2.24, 2.45) is 0 Å². The molecular formula is C12H16N4O. The first-order valence-corrected chi connectivity index (χ1v) is 5.95. The van der Waals surface area contributed by atoms with E-state index in [2.05, 4.69) is 9.97 Å². The number of hydrogen-bond donors (Lipinski definition) is 1. The van der Waals surface area contributed by atoms with Crippen molar-refractivity contribution in [3.63, 3.8) is 0 Å². The van der Waals surface area contributed by atoms with Crippen molar-refractivity contribution in [1.82, 2.24) is 9.97 Å². The third-order valence-corrected chi connectivity index (χ3v) is 3.34. The van der Waals surface area contributed by atoms with Gasteiger partial charge in [0, 0.05) is 19.2 Å². The molecule has 0 saturated heterocycles. The topological polar surface area (TPSA) is 72.8 Å². The lowest BCUT2D eigenvalue weighted by molar-refractivity contribution is 0.425. The van der Waals surface area contributed by atoms with Crippen molar-refractivity contribution >= 4 is 5.82 Å². The van der Waals surface area contributed by atoms with Crippen LogP contribution in [0.5, 0.6) is 0 Å². The second-order valence-electron chi connectivity index (χ2n) is 4.47. The Bertz CT molecular complexity index is 482. The Hall–Kier alpha value is -1.83. The largest absolute Gasteiger partial charge is 0.356 e. The number of nitriles is 1. The van der Waals surface area contributed by atoms with Crippen LogP contribution < -0.4 is 10.6 Å². The van der Waals surface area contributed by atoms with Crippen molar-refractivity contribution in [1.29, 1.82) is 5.26 Å². The molecule has 0 aliphatic heterocycles. The normalized spacial score (nSPS) is 16.5. The van der Waals surface area contributed by atoms with Gasteiger partial charge in [-0.05, 0) is 12.8 Å². The Morgan fingerprint density at radius 2 is 2.18 bits per heavy atom. The van der Waals surface area contributed by atoms with Gasteiger partial charge in [0.05, 0.1) is 0 Å². The SMILES string of the molecule is CN(c1cc(C#N)[nH]c(=O)n1)C1CCCCC1. The summed E-state index contributed by atoms with van der Waals surface area (Å²) in [5.41, 5.74) is -0.190. The smallest absolute Gasteiger partial charge is 0.347 e. The molecule has 1 aliphatic carbocycles. The zero-order valence-corrected chi connectivity index (χ0v) is 9.94. The molecule has 90 valence electrons. The lowest BCUT2D eigenvalue weighted by Crippen LogP contribution is -2.35. The third kappa shape index (κ3) is 2.64. The maximum absolute atomic E-state index is 11.3. The maximum Gasteiger partial charge on any atom is 0.347 e. The van der Waals surface area contributed by atoms with Crippen LogP contribution in [-0.4, -0.2) is 23.1 Å². The number of hydrogen-bond acceptors (Lipinski definition) is 4. The fraction of sp³-hybridized carbons (Fsp3) is 0.583. The predicted molar refractivity (Wildman–Crippen MR) is 64.8 cm³/mol. The summed E-state index contributed by atoms with van der Waals surface area (Å²) < 4.78 is 0. The first-order chi connectivity index (χ1) is 8.20. The van der Waals surface area contributed by atoms with Gasteiger partial charge in [0.2, 0.25) is 0 Å². The number of aromatic amines is 1. The predicted octanol–water partition coefficient (Wildman–Crippen LogP) is 1.41. The molecule has 2 rings (SSSR count). The molecule has 1 N–H and O–H groups in total. The van der Waals surface area contributed by atoms with Crippen LogP contribution in [0.1, 0.15) is 37.8 Å². The Kier molecular flexibility index (Phi) is 3.43. The van der Waals surface area contributed by atoms with E-state index in [0.717, 1.165) is 12.8 Å². The monoisotopic (exact) mass is 232 g/mol. The summed E-state index contributed by atoms with van der Waals surface area (Å²) in [7, 11) is 1.94. The highest BCUT2D eigenvalue weighted by Gasteiger charge is 2.19. The van der Waals surface area contributed by atoms with Gasteiger partial charge in [-0.25, -0.2) is 4.79 Å². The molecule has 0 bridgehead atoms. The Balaban J connectivity index is 2.23. The minimum atomic E-state index is -0.457. The molecule has 1 saturated carbocycles. The molecule has 0 atom stereocenters. The highest BCUT2D eigenvalue weighted by molar-refractivity contribution is 5.42. The van der Waals surface area contributed by atoms with E-state index in [0.29, 0.717) is 11.9 Å². The molecule has 1 aliphatic rings. The Labute approximate surface area is 100 Å². The Morgan fingerprint density at radius 1 is 1.47 bits per heavy atom.